The minimum absolute atomic E-state index is 0. The number of nitrogens with one attached hydrogen (secondary N) is 1. The third-order valence-corrected chi connectivity index (χ3v) is 4.70. The predicted octanol–water partition coefficient (Wildman–Crippen LogP) is 2.20. The van der Waals surface area contributed by atoms with Crippen molar-refractivity contribution < 1.29 is 14.0 Å². The van der Waals surface area contributed by atoms with Crippen LogP contribution in [0.5, 0.6) is 0 Å². The van der Waals surface area contributed by atoms with Crippen LogP contribution >= 0.6 is 12.4 Å². The maximum absolute atomic E-state index is 13.8. The molecule has 1 aromatic rings. The number of nitrogens with two attached hydrogens (primary N) is 1. The predicted molar refractivity (Wildman–Crippen MR) is 98.1 cm³/mol. The van der Waals surface area contributed by atoms with E-state index in [1.807, 2.05) is 13.8 Å². The number of carbonyl (C=O) groups is 2. The summed E-state index contributed by atoms with van der Waals surface area (Å²) in [5, 5.41) is 2.69. The lowest BCUT2D eigenvalue weighted by molar-refractivity contribution is -0.133. The summed E-state index contributed by atoms with van der Waals surface area (Å²) in [6.45, 7) is 7.52. The van der Waals surface area contributed by atoms with E-state index in [4.69, 9.17) is 5.73 Å². The zero-order valence-corrected chi connectivity index (χ0v) is 15.7. The summed E-state index contributed by atoms with van der Waals surface area (Å²) in [5.74, 6) is -1.40. The number of likely N-dealkylation sites (tertiary alicyclic amines) is 1. The monoisotopic (exact) mass is 371 g/mol. The molecular formula is C18H27ClFN3O2. The number of hydrogen-bond donors (Lipinski definition) is 2. The second-order valence-electron chi connectivity index (χ2n) is 7.20. The Labute approximate surface area is 154 Å². The molecule has 0 radical (unpaired) electrons. The molecule has 1 saturated heterocycles. The fourth-order valence-electron chi connectivity index (χ4n) is 2.95. The number of rotatable bonds is 5. The van der Waals surface area contributed by atoms with E-state index < -0.39 is 17.8 Å². The van der Waals surface area contributed by atoms with Crippen LogP contribution in [0.3, 0.4) is 0 Å². The molecule has 1 aliphatic rings. The van der Waals surface area contributed by atoms with Crippen LogP contribution in [0.25, 0.3) is 0 Å². The summed E-state index contributed by atoms with van der Waals surface area (Å²) in [5.41, 5.74) is 5.66. The summed E-state index contributed by atoms with van der Waals surface area (Å²) in [6, 6.07) is 5.08. The van der Waals surface area contributed by atoms with E-state index in [2.05, 4.69) is 12.2 Å². The van der Waals surface area contributed by atoms with E-state index >= 15 is 0 Å². The van der Waals surface area contributed by atoms with Crippen molar-refractivity contribution in [2.75, 3.05) is 19.6 Å². The minimum Gasteiger partial charge on any atom is -0.340 e. The standard InChI is InChI=1S/C18H26FN3O2.ClH/c1-12(2)15(17(24)22-9-8-18(3,10-20)11-22)21-16(23)13-6-4-5-7-14(13)19;/h4-7,12,15H,8-11,20H2,1-3H3,(H,21,23);1H. The molecule has 2 rings (SSSR count). The Morgan fingerprint density at radius 1 is 1.36 bits per heavy atom. The van der Waals surface area contributed by atoms with Gasteiger partial charge in [-0.1, -0.05) is 32.9 Å². The molecule has 3 N–H and O–H groups in total. The molecule has 1 fully saturated rings. The molecule has 1 aromatic carbocycles. The van der Waals surface area contributed by atoms with Crippen molar-refractivity contribution in [3.63, 3.8) is 0 Å². The summed E-state index contributed by atoms with van der Waals surface area (Å²) >= 11 is 0. The Morgan fingerprint density at radius 2 is 2.00 bits per heavy atom. The zero-order valence-electron chi connectivity index (χ0n) is 14.9. The van der Waals surface area contributed by atoms with E-state index in [1.165, 1.54) is 18.2 Å². The van der Waals surface area contributed by atoms with Gasteiger partial charge in [-0.15, -0.1) is 12.4 Å². The Kier molecular flexibility index (Phi) is 7.38. The fourth-order valence-corrected chi connectivity index (χ4v) is 2.95. The average molecular weight is 372 g/mol. The largest absolute Gasteiger partial charge is 0.340 e. The molecule has 1 heterocycles. The van der Waals surface area contributed by atoms with Crippen LogP contribution in [0.2, 0.25) is 0 Å². The molecule has 25 heavy (non-hydrogen) atoms. The smallest absolute Gasteiger partial charge is 0.254 e. The van der Waals surface area contributed by atoms with Crippen LogP contribution in [0.1, 0.15) is 37.6 Å². The van der Waals surface area contributed by atoms with Crippen LogP contribution in [-0.4, -0.2) is 42.4 Å². The topological polar surface area (TPSA) is 75.4 Å². The van der Waals surface area contributed by atoms with Gasteiger partial charge in [0.25, 0.3) is 5.91 Å². The highest BCUT2D eigenvalue weighted by Crippen LogP contribution is 2.29. The molecule has 1 aliphatic heterocycles. The first-order valence-electron chi connectivity index (χ1n) is 8.31. The van der Waals surface area contributed by atoms with Gasteiger partial charge in [-0.25, -0.2) is 4.39 Å². The van der Waals surface area contributed by atoms with Crippen LogP contribution < -0.4 is 11.1 Å². The van der Waals surface area contributed by atoms with Crippen molar-refractivity contribution in [2.24, 2.45) is 17.1 Å². The molecule has 7 heteroatoms. The highest BCUT2D eigenvalue weighted by atomic mass is 35.5. The molecule has 0 aliphatic carbocycles. The second kappa shape index (κ2) is 8.63. The normalized spacial score (nSPS) is 21.0. The number of carbonyl (C=O) groups excluding carboxylic acids is 2. The van der Waals surface area contributed by atoms with Crippen molar-refractivity contribution in [1.82, 2.24) is 10.2 Å². The van der Waals surface area contributed by atoms with Crippen molar-refractivity contribution in [3.8, 4) is 0 Å². The van der Waals surface area contributed by atoms with Gasteiger partial charge in [-0.3, -0.25) is 9.59 Å². The van der Waals surface area contributed by atoms with Gasteiger partial charge in [0.05, 0.1) is 5.56 Å². The van der Waals surface area contributed by atoms with E-state index in [1.54, 1.807) is 11.0 Å². The lowest BCUT2D eigenvalue weighted by Gasteiger charge is -2.28. The maximum atomic E-state index is 13.8. The summed E-state index contributed by atoms with van der Waals surface area (Å²) in [7, 11) is 0. The second-order valence-corrected chi connectivity index (χ2v) is 7.20. The van der Waals surface area contributed by atoms with Crippen LogP contribution in [0.4, 0.5) is 4.39 Å². The number of nitrogens with zero attached hydrogens (tertiary/aromatic N) is 1. The quantitative estimate of drug-likeness (QED) is 0.833. The van der Waals surface area contributed by atoms with Crippen LogP contribution in [0.15, 0.2) is 24.3 Å². The molecule has 2 amide bonds. The summed E-state index contributed by atoms with van der Waals surface area (Å²) in [6.07, 6.45) is 0.849. The zero-order chi connectivity index (χ0) is 17.9. The van der Waals surface area contributed by atoms with E-state index in [-0.39, 0.29) is 35.2 Å². The van der Waals surface area contributed by atoms with Gasteiger partial charge in [0, 0.05) is 13.1 Å². The van der Waals surface area contributed by atoms with Crippen molar-refractivity contribution >= 4 is 24.2 Å². The van der Waals surface area contributed by atoms with Gasteiger partial charge in [0.15, 0.2) is 0 Å². The van der Waals surface area contributed by atoms with E-state index in [0.717, 1.165) is 6.42 Å². The first-order valence-corrected chi connectivity index (χ1v) is 8.31. The molecule has 0 bridgehead atoms. The van der Waals surface area contributed by atoms with Gasteiger partial charge in [0.2, 0.25) is 5.91 Å². The molecule has 0 spiro atoms. The van der Waals surface area contributed by atoms with Crippen molar-refractivity contribution in [2.45, 2.75) is 33.2 Å². The van der Waals surface area contributed by atoms with E-state index in [9.17, 15) is 14.0 Å². The van der Waals surface area contributed by atoms with Crippen molar-refractivity contribution in [3.05, 3.63) is 35.6 Å². The summed E-state index contributed by atoms with van der Waals surface area (Å²) in [4.78, 5) is 26.9. The molecule has 0 saturated carbocycles. The SMILES string of the molecule is CC(C)C(NC(=O)c1ccccc1F)C(=O)N1CCC(C)(CN)C1.Cl. The number of halogens is 2. The lowest BCUT2D eigenvalue weighted by Crippen LogP contribution is -2.51. The highest BCUT2D eigenvalue weighted by molar-refractivity contribution is 5.97. The molecule has 2 unspecified atom stereocenters. The average Bonchev–Trinajstić information content (AvgIpc) is 2.95. The van der Waals surface area contributed by atoms with Gasteiger partial charge in [0.1, 0.15) is 11.9 Å². The van der Waals surface area contributed by atoms with Gasteiger partial charge in [-0.05, 0) is 36.4 Å². The Morgan fingerprint density at radius 3 is 2.52 bits per heavy atom. The van der Waals surface area contributed by atoms with E-state index in [0.29, 0.717) is 19.6 Å². The maximum Gasteiger partial charge on any atom is 0.254 e. The fraction of sp³-hybridized carbons (Fsp3) is 0.556. The third-order valence-electron chi connectivity index (χ3n) is 4.70. The Bertz CT molecular complexity index is 626. The van der Waals surface area contributed by atoms with Gasteiger partial charge >= 0.3 is 0 Å². The van der Waals surface area contributed by atoms with Crippen LogP contribution in [-0.2, 0) is 4.79 Å². The summed E-state index contributed by atoms with van der Waals surface area (Å²) < 4.78 is 13.8. The minimum atomic E-state index is -0.683. The third kappa shape index (κ3) is 4.92. The van der Waals surface area contributed by atoms with Gasteiger partial charge < -0.3 is 16.0 Å². The molecule has 140 valence electrons. The first kappa shape index (κ1) is 21.4. The highest BCUT2D eigenvalue weighted by Gasteiger charge is 2.38. The van der Waals surface area contributed by atoms with Crippen LogP contribution in [0, 0.1) is 17.2 Å². The molecule has 0 aromatic heterocycles. The molecule has 2 atom stereocenters. The van der Waals surface area contributed by atoms with Crippen molar-refractivity contribution in [1.29, 1.82) is 0 Å². The molecular weight excluding hydrogens is 345 g/mol. The Balaban J connectivity index is 0.00000312. The number of hydrogen-bond acceptors (Lipinski definition) is 3. The number of benzene rings is 1. The first-order chi connectivity index (χ1) is 11.3. The van der Waals surface area contributed by atoms with Gasteiger partial charge in [-0.2, -0.15) is 0 Å². The number of amides is 2. The molecule has 5 nitrogen and oxygen atoms in total. The Hall–Kier alpha value is -1.66. The lowest BCUT2D eigenvalue weighted by atomic mass is 9.90.